The van der Waals surface area contributed by atoms with E-state index in [-0.39, 0.29) is 22.8 Å². The molecule has 35 heavy (non-hydrogen) atoms. The van der Waals surface area contributed by atoms with Crippen LogP contribution >= 0.6 is 0 Å². The minimum atomic E-state index is -0.655. The zero-order valence-corrected chi connectivity index (χ0v) is 19.4. The summed E-state index contributed by atoms with van der Waals surface area (Å²) in [5, 5.41) is 22.9. The van der Waals surface area contributed by atoms with Gasteiger partial charge in [0.05, 0.1) is 31.1 Å². The normalized spacial score (nSPS) is 10.7. The summed E-state index contributed by atoms with van der Waals surface area (Å²) < 4.78 is 16.4. The van der Waals surface area contributed by atoms with Gasteiger partial charge in [0.15, 0.2) is 11.5 Å². The number of hydrogen-bond donors (Lipinski definition) is 3. The third-order valence-corrected chi connectivity index (χ3v) is 4.85. The van der Waals surface area contributed by atoms with E-state index in [9.17, 15) is 19.8 Å². The van der Waals surface area contributed by atoms with Gasteiger partial charge in [0.2, 0.25) is 0 Å². The molecule has 0 unspecified atom stereocenters. The molecule has 0 saturated heterocycles. The Morgan fingerprint density at radius 3 is 2.46 bits per heavy atom. The molecule has 0 aliphatic rings. The van der Waals surface area contributed by atoms with Crippen LogP contribution < -0.4 is 19.6 Å². The van der Waals surface area contributed by atoms with E-state index >= 15 is 0 Å². The van der Waals surface area contributed by atoms with Crippen LogP contribution in [0.15, 0.2) is 65.8 Å². The second kappa shape index (κ2) is 12.1. The molecule has 0 fully saturated rings. The molecule has 3 aromatic rings. The lowest BCUT2D eigenvalue weighted by atomic mass is 10.2. The van der Waals surface area contributed by atoms with Crippen LogP contribution in [0.1, 0.15) is 46.0 Å². The summed E-state index contributed by atoms with van der Waals surface area (Å²) in [7, 11) is 1.44. The number of unbranched alkanes of at least 4 members (excludes halogenated alkanes) is 1. The summed E-state index contributed by atoms with van der Waals surface area (Å²) >= 11 is 0. The number of methoxy groups -OCH3 is 1. The van der Waals surface area contributed by atoms with Crippen LogP contribution in [-0.2, 0) is 0 Å². The van der Waals surface area contributed by atoms with Crippen LogP contribution in [0.25, 0.3) is 0 Å². The fraction of sp³-hybridized carbons (Fsp3) is 0.192. The number of hydrogen-bond acceptors (Lipinski definition) is 8. The van der Waals surface area contributed by atoms with E-state index in [1.807, 2.05) is 0 Å². The molecule has 182 valence electrons. The summed E-state index contributed by atoms with van der Waals surface area (Å²) in [5.41, 5.74) is 3.17. The number of nitrogens with zero attached hydrogens (tertiary/aromatic N) is 1. The fourth-order valence-corrected chi connectivity index (χ4v) is 2.97. The lowest BCUT2D eigenvalue weighted by Crippen LogP contribution is -2.17. The van der Waals surface area contributed by atoms with Gasteiger partial charge in [0, 0.05) is 6.07 Å². The first-order chi connectivity index (χ1) is 16.9. The lowest BCUT2D eigenvalue weighted by molar-refractivity contribution is 0.0729. The van der Waals surface area contributed by atoms with Crippen LogP contribution in [0, 0.1) is 0 Å². The molecule has 3 N–H and O–H groups in total. The van der Waals surface area contributed by atoms with E-state index in [1.54, 1.807) is 42.5 Å². The quantitative estimate of drug-likeness (QED) is 0.131. The van der Waals surface area contributed by atoms with Gasteiger partial charge in [0.1, 0.15) is 17.2 Å². The first-order valence-electron chi connectivity index (χ1n) is 10.9. The lowest BCUT2D eigenvalue weighted by Gasteiger charge is -2.10. The molecule has 0 aliphatic heterocycles. The number of nitrogens with one attached hydrogen (secondary N) is 1. The SMILES string of the molecule is CCCCOc1ccc(C(=O)Oc2ccc(/C=N\NC(=O)c3ccc(O)cc3O)cc2OC)cc1. The summed E-state index contributed by atoms with van der Waals surface area (Å²) in [4.78, 5) is 24.7. The zero-order chi connectivity index (χ0) is 25.2. The Hall–Kier alpha value is -4.53. The highest BCUT2D eigenvalue weighted by Crippen LogP contribution is 2.29. The molecule has 0 saturated carbocycles. The number of rotatable bonds is 10. The van der Waals surface area contributed by atoms with Crippen LogP contribution in [-0.4, -0.2) is 42.0 Å². The van der Waals surface area contributed by atoms with Gasteiger partial charge in [-0.2, -0.15) is 5.10 Å². The van der Waals surface area contributed by atoms with Crippen molar-refractivity contribution in [2.24, 2.45) is 5.10 Å². The fourth-order valence-electron chi connectivity index (χ4n) is 2.97. The molecule has 0 radical (unpaired) electrons. The van der Waals surface area contributed by atoms with Crippen molar-refractivity contribution >= 4 is 18.1 Å². The van der Waals surface area contributed by atoms with Gasteiger partial charge in [-0.15, -0.1) is 0 Å². The van der Waals surface area contributed by atoms with Crippen LogP contribution in [0.3, 0.4) is 0 Å². The second-order valence-electron chi connectivity index (χ2n) is 7.43. The van der Waals surface area contributed by atoms with Crippen molar-refractivity contribution < 1.29 is 34.0 Å². The molecule has 9 heteroatoms. The van der Waals surface area contributed by atoms with Gasteiger partial charge in [-0.3, -0.25) is 4.79 Å². The Balaban J connectivity index is 1.62. The highest BCUT2D eigenvalue weighted by atomic mass is 16.6. The van der Waals surface area contributed by atoms with Crippen LogP contribution in [0.5, 0.6) is 28.7 Å². The van der Waals surface area contributed by atoms with E-state index in [0.717, 1.165) is 18.9 Å². The molecule has 0 bridgehead atoms. The first kappa shape index (κ1) is 25.1. The van der Waals surface area contributed by atoms with Gasteiger partial charge in [-0.1, -0.05) is 13.3 Å². The maximum atomic E-state index is 12.5. The number of hydrazone groups is 1. The molecule has 0 aromatic heterocycles. The maximum Gasteiger partial charge on any atom is 0.343 e. The average Bonchev–Trinajstić information content (AvgIpc) is 2.85. The number of esters is 1. The smallest absolute Gasteiger partial charge is 0.343 e. The van der Waals surface area contributed by atoms with Gasteiger partial charge in [0.25, 0.3) is 5.91 Å². The molecule has 0 aliphatic carbocycles. The van der Waals surface area contributed by atoms with Gasteiger partial charge >= 0.3 is 5.97 Å². The molecular weight excluding hydrogens is 452 g/mol. The van der Waals surface area contributed by atoms with E-state index in [0.29, 0.717) is 29.2 Å². The summed E-state index contributed by atoms with van der Waals surface area (Å²) in [5.74, 6) is -0.541. The Bertz CT molecular complexity index is 1210. The number of ether oxygens (including phenoxy) is 3. The number of aromatic hydroxyl groups is 2. The van der Waals surface area contributed by atoms with Crippen molar-refractivity contribution in [1.82, 2.24) is 5.43 Å². The standard InChI is InChI=1S/C26H26N2O7/c1-3-4-13-34-20-9-6-18(7-10-20)26(32)35-23-12-5-17(14-24(23)33-2)16-27-28-25(31)21-11-8-19(29)15-22(21)30/h5-12,14-16,29-30H,3-4,13H2,1-2H3,(H,28,31)/b27-16-. The Morgan fingerprint density at radius 1 is 1.00 bits per heavy atom. The first-order valence-corrected chi connectivity index (χ1v) is 10.9. The molecule has 3 aromatic carbocycles. The molecule has 1 amide bonds. The highest BCUT2D eigenvalue weighted by molar-refractivity contribution is 5.97. The zero-order valence-electron chi connectivity index (χ0n) is 19.4. The van der Waals surface area contributed by atoms with Crippen LogP contribution in [0.4, 0.5) is 0 Å². The van der Waals surface area contributed by atoms with Crippen molar-refractivity contribution in [2.75, 3.05) is 13.7 Å². The molecule has 0 atom stereocenters. The Labute approximate surface area is 202 Å². The minimum absolute atomic E-state index is 0.0413. The average molecular weight is 479 g/mol. The van der Waals surface area contributed by atoms with Crippen molar-refractivity contribution in [3.05, 3.63) is 77.4 Å². The Kier molecular flexibility index (Phi) is 8.66. The molecule has 0 spiro atoms. The van der Waals surface area contributed by atoms with E-state index < -0.39 is 11.9 Å². The third kappa shape index (κ3) is 6.97. The van der Waals surface area contributed by atoms with E-state index in [1.165, 1.54) is 25.5 Å². The summed E-state index contributed by atoms with van der Waals surface area (Å²) in [6.45, 7) is 2.70. The van der Waals surface area contributed by atoms with E-state index in [2.05, 4.69) is 17.5 Å². The number of amides is 1. The van der Waals surface area contributed by atoms with Gasteiger partial charge in [-0.05, 0) is 66.6 Å². The van der Waals surface area contributed by atoms with Crippen molar-refractivity contribution in [3.8, 4) is 28.7 Å². The minimum Gasteiger partial charge on any atom is -0.508 e. The third-order valence-electron chi connectivity index (χ3n) is 4.85. The number of carbonyl (C=O) groups is 2. The van der Waals surface area contributed by atoms with Crippen molar-refractivity contribution in [2.45, 2.75) is 19.8 Å². The highest BCUT2D eigenvalue weighted by Gasteiger charge is 2.14. The molecule has 3 rings (SSSR count). The number of phenols is 2. The second-order valence-corrected chi connectivity index (χ2v) is 7.43. The van der Waals surface area contributed by atoms with Crippen molar-refractivity contribution in [3.63, 3.8) is 0 Å². The molecular formula is C26H26N2O7. The maximum absolute atomic E-state index is 12.5. The van der Waals surface area contributed by atoms with E-state index in [4.69, 9.17) is 14.2 Å². The van der Waals surface area contributed by atoms with Gasteiger partial charge < -0.3 is 24.4 Å². The van der Waals surface area contributed by atoms with Crippen LogP contribution in [0.2, 0.25) is 0 Å². The topological polar surface area (TPSA) is 127 Å². The van der Waals surface area contributed by atoms with Gasteiger partial charge in [-0.25, -0.2) is 10.2 Å². The predicted molar refractivity (Wildman–Crippen MR) is 130 cm³/mol. The van der Waals surface area contributed by atoms with Crippen molar-refractivity contribution in [1.29, 1.82) is 0 Å². The number of carbonyl (C=O) groups excluding carboxylic acids is 2. The largest absolute Gasteiger partial charge is 0.508 e. The summed E-state index contributed by atoms with van der Waals surface area (Å²) in [6.07, 6.45) is 3.36. The predicted octanol–water partition coefficient (Wildman–Crippen LogP) is 4.27. The monoisotopic (exact) mass is 478 g/mol. The number of benzene rings is 3. The Morgan fingerprint density at radius 2 is 1.77 bits per heavy atom. The molecule has 0 heterocycles. The number of phenolic OH excluding ortho intramolecular Hbond substituents is 2. The molecule has 9 nitrogen and oxygen atoms in total. The summed E-state index contributed by atoms with van der Waals surface area (Å²) in [6, 6.07) is 15.1.